The van der Waals surface area contributed by atoms with E-state index >= 15 is 0 Å². The summed E-state index contributed by atoms with van der Waals surface area (Å²) in [5, 5.41) is 10.6. The molecule has 0 unspecified atom stereocenters. The molecule has 0 spiro atoms. The number of benzene rings is 2. The molecule has 0 N–H and O–H groups in total. The quantitative estimate of drug-likeness (QED) is 0.721. The molecule has 1 saturated heterocycles. The van der Waals surface area contributed by atoms with Gasteiger partial charge in [0.15, 0.2) is 17.3 Å². The van der Waals surface area contributed by atoms with Crippen molar-refractivity contribution in [3.05, 3.63) is 48.7 Å². The highest BCUT2D eigenvalue weighted by Crippen LogP contribution is 2.39. The second-order valence-corrected chi connectivity index (χ2v) is 6.24. The summed E-state index contributed by atoms with van der Waals surface area (Å²) in [6.45, 7) is 3.63. The van der Waals surface area contributed by atoms with Crippen LogP contribution in [-0.4, -0.2) is 50.6 Å². The van der Waals surface area contributed by atoms with E-state index in [1.54, 1.807) is 20.4 Å². The van der Waals surface area contributed by atoms with E-state index in [0.29, 0.717) is 11.5 Å². The van der Waals surface area contributed by atoms with Crippen LogP contribution in [0, 0.1) is 0 Å². The fourth-order valence-electron chi connectivity index (χ4n) is 3.51. The van der Waals surface area contributed by atoms with Crippen molar-refractivity contribution in [2.45, 2.75) is 0 Å². The van der Waals surface area contributed by atoms with Gasteiger partial charge < -0.3 is 19.3 Å². The topological polar surface area (TPSA) is 50.7 Å². The van der Waals surface area contributed by atoms with Gasteiger partial charge in [-0.2, -0.15) is 5.10 Å². The molecule has 2 aromatic carbocycles. The van der Waals surface area contributed by atoms with Crippen LogP contribution in [0.2, 0.25) is 0 Å². The molecule has 3 aromatic rings. The van der Waals surface area contributed by atoms with Gasteiger partial charge in [-0.1, -0.05) is 18.2 Å². The normalized spacial score (nSPS) is 14.5. The molecule has 2 heterocycles. The largest absolute Gasteiger partial charge is 0.493 e. The van der Waals surface area contributed by atoms with E-state index in [-0.39, 0.29) is 0 Å². The van der Waals surface area contributed by atoms with Gasteiger partial charge >= 0.3 is 0 Å². The molecular formula is C20H22N4O2. The summed E-state index contributed by atoms with van der Waals surface area (Å²) in [5.41, 5.74) is 1.26. The number of aromatic nitrogens is 2. The first-order chi connectivity index (χ1) is 12.8. The third kappa shape index (κ3) is 2.87. The Labute approximate surface area is 153 Å². The average Bonchev–Trinajstić information content (AvgIpc) is 2.73. The van der Waals surface area contributed by atoms with E-state index < -0.39 is 0 Å². The zero-order valence-corrected chi connectivity index (χ0v) is 15.1. The summed E-state index contributed by atoms with van der Waals surface area (Å²) in [4.78, 5) is 4.67. The standard InChI is InChI=1S/C20H22N4O2/c1-25-17-9-8-15-14-21-22-20(18(15)19(17)26-2)24-12-10-23(11-13-24)16-6-4-3-5-7-16/h3-9,14H,10-13H2,1-2H3. The Morgan fingerprint density at radius 2 is 1.58 bits per heavy atom. The molecule has 1 fully saturated rings. The van der Waals surface area contributed by atoms with Crippen LogP contribution >= 0.6 is 0 Å². The summed E-state index contributed by atoms with van der Waals surface area (Å²) in [6.07, 6.45) is 1.76. The Morgan fingerprint density at radius 1 is 0.846 bits per heavy atom. The summed E-state index contributed by atoms with van der Waals surface area (Å²) in [5.74, 6) is 2.27. The van der Waals surface area contributed by atoms with E-state index in [0.717, 1.165) is 42.8 Å². The van der Waals surface area contributed by atoms with E-state index in [1.807, 2.05) is 18.2 Å². The summed E-state index contributed by atoms with van der Waals surface area (Å²) < 4.78 is 11.1. The van der Waals surface area contributed by atoms with E-state index in [2.05, 4.69) is 44.3 Å². The van der Waals surface area contributed by atoms with Crippen LogP contribution in [0.25, 0.3) is 10.8 Å². The van der Waals surface area contributed by atoms with Crippen LogP contribution in [0.3, 0.4) is 0 Å². The molecule has 26 heavy (non-hydrogen) atoms. The van der Waals surface area contributed by atoms with E-state index in [1.165, 1.54) is 5.69 Å². The Bertz CT molecular complexity index is 893. The molecule has 0 bridgehead atoms. The number of hydrogen-bond donors (Lipinski definition) is 0. The van der Waals surface area contributed by atoms with Crippen molar-refractivity contribution < 1.29 is 9.47 Å². The van der Waals surface area contributed by atoms with Crippen molar-refractivity contribution in [3.63, 3.8) is 0 Å². The highest BCUT2D eigenvalue weighted by atomic mass is 16.5. The molecule has 1 aliphatic heterocycles. The molecular weight excluding hydrogens is 328 g/mol. The summed E-state index contributed by atoms with van der Waals surface area (Å²) in [6, 6.07) is 14.4. The first-order valence-corrected chi connectivity index (χ1v) is 8.73. The molecule has 134 valence electrons. The highest BCUT2D eigenvalue weighted by molar-refractivity contribution is 5.98. The van der Waals surface area contributed by atoms with E-state index in [9.17, 15) is 0 Å². The molecule has 1 aromatic heterocycles. The third-order valence-electron chi connectivity index (χ3n) is 4.85. The Morgan fingerprint density at radius 3 is 2.27 bits per heavy atom. The number of rotatable bonds is 4. The SMILES string of the molecule is COc1ccc2cnnc(N3CCN(c4ccccc4)CC3)c2c1OC. The smallest absolute Gasteiger partial charge is 0.172 e. The van der Waals surface area contributed by atoms with Crippen molar-refractivity contribution in [1.29, 1.82) is 0 Å². The Kier molecular flexibility index (Phi) is 4.48. The number of methoxy groups -OCH3 is 2. The molecule has 4 rings (SSSR count). The maximum absolute atomic E-state index is 5.64. The molecule has 0 amide bonds. The monoisotopic (exact) mass is 350 g/mol. The van der Waals surface area contributed by atoms with Crippen LogP contribution in [-0.2, 0) is 0 Å². The zero-order chi connectivity index (χ0) is 17.9. The first-order valence-electron chi connectivity index (χ1n) is 8.73. The number of hydrogen-bond acceptors (Lipinski definition) is 6. The molecule has 0 radical (unpaired) electrons. The fraction of sp³-hybridized carbons (Fsp3) is 0.300. The lowest BCUT2D eigenvalue weighted by Gasteiger charge is -2.37. The summed E-state index contributed by atoms with van der Waals surface area (Å²) >= 11 is 0. The van der Waals surface area contributed by atoms with Crippen molar-refractivity contribution in [3.8, 4) is 11.5 Å². The van der Waals surface area contributed by atoms with Gasteiger partial charge in [-0.25, -0.2) is 0 Å². The average molecular weight is 350 g/mol. The maximum atomic E-state index is 5.64. The molecule has 0 aliphatic carbocycles. The van der Waals surface area contributed by atoms with Crippen molar-refractivity contribution in [2.24, 2.45) is 0 Å². The number of fused-ring (bicyclic) bond motifs is 1. The number of nitrogens with zero attached hydrogens (tertiary/aromatic N) is 4. The number of ether oxygens (including phenoxy) is 2. The second kappa shape index (κ2) is 7.07. The lowest BCUT2D eigenvalue weighted by Crippen LogP contribution is -2.47. The summed E-state index contributed by atoms with van der Waals surface area (Å²) in [7, 11) is 3.31. The Balaban J connectivity index is 1.65. The predicted molar refractivity (Wildman–Crippen MR) is 104 cm³/mol. The minimum Gasteiger partial charge on any atom is -0.493 e. The van der Waals surface area contributed by atoms with Gasteiger partial charge in [0.1, 0.15) is 0 Å². The molecule has 0 saturated carbocycles. The number of para-hydroxylation sites is 1. The van der Waals surface area contributed by atoms with Crippen LogP contribution < -0.4 is 19.3 Å². The van der Waals surface area contributed by atoms with Gasteiger partial charge in [0.25, 0.3) is 0 Å². The van der Waals surface area contributed by atoms with Crippen LogP contribution in [0.4, 0.5) is 11.5 Å². The Hall–Kier alpha value is -3.02. The third-order valence-corrected chi connectivity index (χ3v) is 4.85. The second-order valence-electron chi connectivity index (χ2n) is 6.24. The van der Waals surface area contributed by atoms with Gasteiger partial charge in [-0.15, -0.1) is 5.10 Å². The fourth-order valence-corrected chi connectivity index (χ4v) is 3.51. The zero-order valence-electron chi connectivity index (χ0n) is 15.1. The molecule has 6 heteroatoms. The lowest BCUT2D eigenvalue weighted by atomic mass is 10.1. The van der Waals surface area contributed by atoms with Crippen molar-refractivity contribution in [2.75, 3.05) is 50.2 Å². The first kappa shape index (κ1) is 16.4. The number of piperazine rings is 1. The number of anilines is 2. The van der Waals surface area contributed by atoms with Gasteiger partial charge in [0.05, 0.1) is 25.8 Å². The maximum Gasteiger partial charge on any atom is 0.172 e. The molecule has 0 atom stereocenters. The highest BCUT2D eigenvalue weighted by Gasteiger charge is 2.23. The van der Waals surface area contributed by atoms with Gasteiger partial charge in [0.2, 0.25) is 0 Å². The molecule has 6 nitrogen and oxygen atoms in total. The van der Waals surface area contributed by atoms with Crippen LogP contribution in [0.5, 0.6) is 11.5 Å². The van der Waals surface area contributed by atoms with Gasteiger partial charge in [-0.3, -0.25) is 0 Å². The predicted octanol–water partition coefficient (Wildman–Crippen LogP) is 2.97. The molecule has 1 aliphatic rings. The lowest BCUT2D eigenvalue weighted by molar-refractivity contribution is 0.358. The van der Waals surface area contributed by atoms with Gasteiger partial charge in [0, 0.05) is 37.3 Å². The van der Waals surface area contributed by atoms with Crippen LogP contribution in [0.15, 0.2) is 48.7 Å². The minimum atomic E-state index is 0.706. The minimum absolute atomic E-state index is 0.706. The van der Waals surface area contributed by atoms with Gasteiger partial charge in [-0.05, 0) is 24.3 Å². The van der Waals surface area contributed by atoms with Crippen molar-refractivity contribution in [1.82, 2.24) is 10.2 Å². The van der Waals surface area contributed by atoms with E-state index in [4.69, 9.17) is 9.47 Å². The van der Waals surface area contributed by atoms with Crippen LogP contribution in [0.1, 0.15) is 0 Å². The van der Waals surface area contributed by atoms with Crippen molar-refractivity contribution >= 4 is 22.3 Å².